The highest BCUT2D eigenvalue weighted by Gasteiger charge is 2.13. The van der Waals surface area contributed by atoms with Crippen molar-refractivity contribution in [3.8, 4) is 11.1 Å². The van der Waals surface area contributed by atoms with Gasteiger partial charge in [-0.2, -0.15) is 0 Å². The molecule has 0 fully saturated rings. The maximum Gasteiger partial charge on any atom is 0.0639 e. The third kappa shape index (κ3) is 13.8. The van der Waals surface area contributed by atoms with Crippen molar-refractivity contribution in [1.82, 2.24) is 0 Å². The molecule has 0 bridgehead atoms. The largest absolute Gasteiger partial charge is 0.255 e. The summed E-state index contributed by atoms with van der Waals surface area (Å²) in [6.45, 7) is 11.2. The summed E-state index contributed by atoms with van der Waals surface area (Å²) in [5, 5.41) is 0. The van der Waals surface area contributed by atoms with Crippen LogP contribution in [0.15, 0.2) is 70.6 Å². The molecule has 3 rings (SSSR count). The Balaban J connectivity index is 1.82. The molecule has 0 saturated heterocycles. The number of hydrogen-bond acceptors (Lipinski definition) is 2. The van der Waals surface area contributed by atoms with Gasteiger partial charge in [-0.05, 0) is 110 Å². The Labute approximate surface area is 283 Å². The van der Waals surface area contributed by atoms with Crippen LogP contribution < -0.4 is 0 Å². The first-order valence-electron chi connectivity index (χ1n) is 19.0. The van der Waals surface area contributed by atoms with E-state index in [9.17, 15) is 0 Å². The van der Waals surface area contributed by atoms with Crippen molar-refractivity contribution < 1.29 is 0 Å². The molecule has 0 atom stereocenters. The summed E-state index contributed by atoms with van der Waals surface area (Å²) >= 11 is 0. The lowest BCUT2D eigenvalue weighted by atomic mass is 9.88. The van der Waals surface area contributed by atoms with Gasteiger partial charge in [0.2, 0.25) is 0 Å². The Morgan fingerprint density at radius 3 is 1.76 bits per heavy atom. The number of rotatable bonds is 23. The predicted octanol–water partition coefficient (Wildman–Crippen LogP) is 14.1. The highest BCUT2D eigenvalue weighted by atomic mass is 14.8. The minimum atomic E-state index is 0.941. The van der Waals surface area contributed by atoms with E-state index in [4.69, 9.17) is 9.98 Å². The molecule has 0 saturated carbocycles. The van der Waals surface area contributed by atoms with E-state index in [1.807, 2.05) is 6.21 Å². The van der Waals surface area contributed by atoms with E-state index >= 15 is 0 Å². The van der Waals surface area contributed by atoms with Gasteiger partial charge in [0.05, 0.1) is 17.1 Å². The topological polar surface area (TPSA) is 24.7 Å². The average molecular weight is 621 g/mol. The summed E-state index contributed by atoms with van der Waals surface area (Å²) in [6, 6.07) is 22.4. The van der Waals surface area contributed by atoms with Gasteiger partial charge in [0.25, 0.3) is 0 Å². The van der Waals surface area contributed by atoms with Crippen molar-refractivity contribution >= 4 is 23.3 Å². The standard InChI is InChI=1S/C44H64N2/c1-6-9-12-15-17-21-27-39-32-41(31-30-36(39)4)46-37(5)35-45-42-33-40(28-20-14-11-8-3)43(29-24-18-16-13-10-7-2)44(34-42)38-25-22-19-23-26-38/h19,22-23,25-26,30-35H,6-18,20-21,24,27-29H2,1-5H3. The molecule has 0 spiro atoms. The van der Waals surface area contributed by atoms with E-state index in [2.05, 4.69) is 95.3 Å². The van der Waals surface area contributed by atoms with Crippen LogP contribution in [0, 0.1) is 6.92 Å². The van der Waals surface area contributed by atoms with E-state index in [0.717, 1.165) is 36.3 Å². The molecule has 0 unspecified atom stereocenters. The van der Waals surface area contributed by atoms with Gasteiger partial charge < -0.3 is 0 Å². The van der Waals surface area contributed by atoms with Crippen LogP contribution in [0.1, 0.15) is 153 Å². The van der Waals surface area contributed by atoms with Crippen LogP contribution in [0.3, 0.4) is 0 Å². The fraction of sp³-hybridized carbons (Fsp3) is 0.545. The van der Waals surface area contributed by atoms with Gasteiger partial charge in [-0.25, -0.2) is 0 Å². The van der Waals surface area contributed by atoms with Gasteiger partial charge in [0.1, 0.15) is 0 Å². The number of unbranched alkanes of at least 4 members (excludes halogenated alkanes) is 13. The van der Waals surface area contributed by atoms with E-state index in [1.54, 1.807) is 5.56 Å². The molecular weight excluding hydrogens is 556 g/mol. The first-order chi connectivity index (χ1) is 22.5. The van der Waals surface area contributed by atoms with Crippen molar-refractivity contribution in [2.24, 2.45) is 9.98 Å². The lowest BCUT2D eigenvalue weighted by molar-refractivity contribution is 0.605. The van der Waals surface area contributed by atoms with Crippen molar-refractivity contribution in [3.63, 3.8) is 0 Å². The second kappa shape index (κ2) is 22.5. The van der Waals surface area contributed by atoms with E-state index in [1.165, 1.54) is 131 Å². The zero-order valence-electron chi connectivity index (χ0n) is 30.2. The number of aliphatic imine (C=N–C) groups is 2. The molecule has 0 N–H and O–H groups in total. The van der Waals surface area contributed by atoms with Gasteiger partial charge >= 0.3 is 0 Å². The van der Waals surface area contributed by atoms with E-state index in [-0.39, 0.29) is 0 Å². The fourth-order valence-electron chi connectivity index (χ4n) is 6.50. The van der Waals surface area contributed by atoms with E-state index < -0.39 is 0 Å². The summed E-state index contributed by atoms with van der Waals surface area (Å²) < 4.78 is 0. The Bertz CT molecular complexity index is 1320. The first-order valence-corrected chi connectivity index (χ1v) is 19.0. The summed E-state index contributed by atoms with van der Waals surface area (Å²) in [7, 11) is 0. The first kappa shape index (κ1) is 37.5. The summed E-state index contributed by atoms with van der Waals surface area (Å²) in [6.07, 6.45) is 26.4. The van der Waals surface area contributed by atoms with Gasteiger partial charge in [0, 0.05) is 6.21 Å². The Morgan fingerprint density at radius 1 is 0.565 bits per heavy atom. The fourth-order valence-corrected chi connectivity index (χ4v) is 6.50. The van der Waals surface area contributed by atoms with Crippen molar-refractivity contribution in [1.29, 1.82) is 0 Å². The predicted molar refractivity (Wildman–Crippen MR) is 206 cm³/mol. The molecule has 250 valence electrons. The minimum absolute atomic E-state index is 0.941. The average Bonchev–Trinajstić information content (AvgIpc) is 3.07. The van der Waals surface area contributed by atoms with E-state index in [0.29, 0.717) is 0 Å². The molecule has 2 heteroatoms. The second-order valence-electron chi connectivity index (χ2n) is 13.5. The lowest BCUT2D eigenvalue weighted by Gasteiger charge is -2.17. The molecule has 0 aliphatic carbocycles. The SMILES string of the molecule is CCCCCCCCc1cc(N=C(C)C=Nc2cc(CCCCCC)c(CCCCCCCC)c(-c3ccccc3)c2)ccc1C. The highest BCUT2D eigenvalue weighted by molar-refractivity contribution is 6.30. The van der Waals surface area contributed by atoms with Crippen LogP contribution in [0.5, 0.6) is 0 Å². The summed E-state index contributed by atoms with van der Waals surface area (Å²) in [5.41, 5.74) is 11.5. The normalized spacial score (nSPS) is 12.0. The van der Waals surface area contributed by atoms with Crippen LogP contribution in [-0.2, 0) is 19.3 Å². The van der Waals surface area contributed by atoms with Crippen LogP contribution in [0.25, 0.3) is 11.1 Å². The van der Waals surface area contributed by atoms with Gasteiger partial charge in [0.15, 0.2) is 0 Å². The molecule has 3 aromatic rings. The molecule has 46 heavy (non-hydrogen) atoms. The molecule has 0 aliphatic rings. The zero-order chi connectivity index (χ0) is 32.8. The highest BCUT2D eigenvalue weighted by Crippen LogP contribution is 2.34. The number of nitrogens with zero attached hydrogens (tertiary/aromatic N) is 2. The van der Waals surface area contributed by atoms with Gasteiger partial charge in [-0.15, -0.1) is 0 Å². The van der Waals surface area contributed by atoms with Crippen molar-refractivity contribution in [3.05, 3.63) is 82.9 Å². The third-order valence-corrected chi connectivity index (χ3v) is 9.33. The van der Waals surface area contributed by atoms with Crippen LogP contribution in [0.4, 0.5) is 11.4 Å². The molecule has 3 aromatic carbocycles. The molecule has 2 nitrogen and oxygen atoms in total. The van der Waals surface area contributed by atoms with Crippen molar-refractivity contribution in [2.75, 3.05) is 0 Å². The summed E-state index contributed by atoms with van der Waals surface area (Å²) in [4.78, 5) is 10.0. The third-order valence-electron chi connectivity index (χ3n) is 9.33. The quantitative estimate of drug-likeness (QED) is 0.0744. The molecule has 0 aromatic heterocycles. The Kier molecular flexibility index (Phi) is 18.3. The molecular formula is C44H64N2. The lowest BCUT2D eigenvalue weighted by Crippen LogP contribution is -2.00. The Hall–Kier alpha value is -3.00. The summed E-state index contributed by atoms with van der Waals surface area (Å²) in [5.74, 6) is 0. The van der Waals surface area contributed by atoms with Crippen LogP contribution in [-0.4, -0.2) is 11.9 Å². The van der Waals surface area contributed by atoms with Crippen molar-refractivity contribution in [2.45, 2.75) is 157 Å². The smallest absolute Gasteiger partial charge is 0.0639 e. The number of benzene rings is 3. The molecule has 0 heterocycles. The Morgan fingerprint density at radius 2 is 1.11 bits per heavy atom. The monoisotopic (exact) mass is 621 g/mol. The number of hydrogen-bond donors (Lipinski definition) is 0. The van der Waals surface area contributed by atoms with Gasteiger partial charge in [-0.3, -0.25) is 9.98 Å². The minimum Gasteiger partial charge on any atom is -0.255 e. The number of aryl methyl sites for hydroxylation is 3. The van der Waals surface area contributed by atoms with Crippen LogP contribution >= 0.6 is 0 Å². The molecule has 0 radical (unpaired) electrons. The zero-order valence-corrected chi connectivity index (χ0v) is 30.2. The van der Waals surface area contributed by atoms with Crippen LogP contribution in [0.2, 0.25) is 0 Å². The maximum absolute atomic E-state index is 5.03. The molecule has 0 aliphatic heterocycles. The second-order valence-corrected chi connectivity index (χ2v) is 13.5. The van der Waals surface area contributed by atoms with Gasteiger partial charge in [-0.1, -0.05) is 141 Å². The maximum atomic E-state index is 5.03. The molecule has 0 amide bonds.